The van der Waals surface area contributed by atoms with E-state index in [0.717, 1.165) is 42.7 Å². The van der Waals surface area contributed by atoms with Crippen molar-refractivity contribution in [3.05, 3.63) is 41.0 Å². The van der Waals surface area contributed by atoms with Gasteiger partial charge in [0.1, 0.15) is 0 Å². The first-order valence-corrected chi connectivity index (χ1v) is 13.9. The van der Waals surface area contributed by atoms with Gasteiger partial charge in [0.25, 0.3) is 0 Å². The zero-order chi connectivity index (χ0) is 29.3. The third-order valence-electron chi connectivity index (χ3n) is 8.24. The van der Waals surface area contributed by atoms with E-state index < -0.39 is 17.9 Å². The molecule has 1 aliphatic carbocycles. The molecule has 2 aliphatic heterocycles. The number of nitrogens with zero attached hydrogens (tertiary/aromatic N) is 2. The predicted molar refractivity (Wildman–Crippen MR) is 150 cm³/mol. The standard InChI is InChI=1S/C30H39N3O8/c1-32(2)9-10-33(3)8-6-7-25(34)31-28-19-14-22-21(40-16-41-22)13-18(19)26(27-20(28)15-39-30(27)36)17-11-23(37-4)29(35)24(12-17)38-5/h11-14,20,26-28,35H,6-10,15-16H2,1-5H3,(H,31,34)/t20-,26?,27-,28+/m0/s1. The Morgan fingerprint density at radius 2 is 1.63 bits per heavy atom. The third kappa shape index (κ3) is 5.73. The molecule has 0 bridgehead atoms. The molecule has 2 aromatic rings. The van der Waals surface area contributed by atoms with Gasteiger partial charge in [-0.05, 0) is 75.1 Å². The molecular formula is C30H39N3O8. The van der Waals surface area contributed by atoms with Crippen LogP contribution in [0.15, 0.2) is 24.3 Å². The van der Waals surface area contributed by atoms with Crippen LogP contribution >= 0.6 is 0 Å². The van der Waals surface area contributed by atoms with E-state index >= 15 is 0 Å². The molecule has 2 N–H and O–H groups in total. The van der Waals surface area contributed by atoms with E-state index in [1.54, 1.807) is 12.1 Å². The van der Waals surface area contributed by atoms with Crippen molar-refractivity contribution in [2.75, 3.05) is 68.4 Å². The monoisotopic (exact) mass is 569 g/mol. The lowest BCUT2D eigenvalue weighted by Gasteiger charge is -2.39. The number of hydrogen-bond acceptors (Lipinski definition) is 10. The number of likely N-dealkylation sites (N-methyl/N-ethyl adjacent to an activating group) is 2. The molecule has 1 unspecified atom stereocenters. The van der Waals surface area contributed by atoms with Gasteiger partial charge in [0.05, 0.1) is 32.8 Å². The number of carbonyl (C=O) groups is 2. The molecule has 0 saturated carbocycles. The van der Waals surface area contributed by atoms with Crippen molar-refractivity contribution in [3.8, 4) is 28.7 Å². The molecule has 1 fully saturated rings. The molecule has 41 heavy (non-hydrogen) atoms. The Hall–Kier alpha value is -3.70. The number of methoxy groups -OCH3 is 2. The van der Waals surface area contributed by atoms with Crippen LogP contribution in [0.1, 0.15) is 41.5 Å². The van der Waals surface area contributed by atoms with Crippen molar-refractivity contribution >= 4 is 11.9 Å². The number of fused-ring (bicyclic) bond motifs is 3. The number of amides is 1. The van der Waals surface area contributed by atoms with Crippen molar-refractivity contribution in [2.45, 2.75) is 24.8 Å². The van der Waals surface area contributed by atoms with E-state index in [-0.39, 0.29) is 48.4 Å². The smallest absolute Gasteiger partial charge is 0.310 e. The van der Waals surface area contributed by atoms with E-state index in [0.29, 0.717) is 17.9 Å². The van der Waals surface area contributed by atoms with Gasteiger partial charge in [0, 0.05) is 31.3 Å². The second-order valence-corrected chi connectivity index (χ2v) is 11.2. The Balaban J connectivity index is 1.47. The second kappa shape index (κ2) is 12.0. The van der Waals surface area contributed by atoms with E-state index in [4.69, 9.17) is 23.7 Å². The number of hydrogen-bond donors (Lipinski definition) is 2. The molecule has 1 saturated heterocycles. The maximum atomic E-state index is 13.3. The average Bonchev–Trinajstić information content (AvgIpc) is 3.57. The van der Waals surface area contributed by atoms with Gasteiger partial charge in [0.15, 0.2) is 23.0 Å². The third-order valence-corrected chi connectivity index (χ3v) is 8.24. The molecule has 4 atom stereocenters. The van der Waals surface area contributed by atoms with E-state index in [9.17, 15) is 14.7 Å². The van der Waals surface area contributed by atoms with Gasteiger partial charge < -0.3 is 43.9 Å². The Labute approximate surface area is 240 Å². The number of rotatable bonds is 11. The van der Waals surface area contributed by atoms with Crippen LogP contribution < -0.4 is 24.3 Å². The van der Waals surface area contributed by atoms with Crippen LogP contribution in [-0.4, -0.2) is 95.2 Å². The molecule has 1 amide bonds. The van der Waals surface area contributed by atoms with Gasteiger partial charge in [-0.1, -0.05) is 0 Å². The minimum atomic E-state index is -0.579. The van der Waals surface area contributed by atoms with Crippen LogP contribution in [0.3, 0.4) is 0 Å². The normalized spacial score (nSPS) is 22.4. The molecule has 0 radical (unpaired) electrons. The maximum Gasteiger partial charge on any atom is 0.310 e. The quantitative estimate of drug-likeness (QED) is 0.391. The fourth-order valence-corrected chi connectivity index (χ4v) is 6.08. The number of aromatic hydroxyl groups is 1. The highest BCUT2D eigenvalue weighted by Gasteiger charge is 2.53. The summed E-state index contributed by atoms with van der Waals surface area (Å²) in [5.74, 6) is -0.255. The molecule has 222 valence electrons. The summed E-state index contributed by atoms with van der Waals surface area (Å²) in [7, 11) is 9.06. The highest BCUT2D eigenvalue weighted by atomic mass is 16.7. The number of esters is 1. The summed E-state index contributed by atoms with van der Waals surface area (Å²) < 4.78 is 27.9. The summed E-state index contributed by atoms with van der Waals surface area (Å²) in [5, 5.41) is 13.8. The number of phenolic OH excluding ortho intramolecular Hbond substituents is 1. The zero-order valence-corrected chi connectivity index (χ0v) is 24.3. The molecule has 0 aromatic heterocycles. The zero-order valence-electron chi connectivity index (χ0n) is 24.3. The van der Waals surface area contributed by atoms with Crippen molar-refractivity contribution in [2.24, 2.45) is 11.8 Å². The van der Waals surface area contributed by atoms with Crippen LogP contribution in [0.5, 0.6) is 28.7 Å². The topological polar surface area (TPSA) is 119 Å². The van der Waals surface area contributed by atoms with Gasteiger partial charge in [-0.25, -0.2) is 0 Å². The Kier molecular flexibility index (Phi) is 8.46. The fraction of sp³-hybridized carbons (Fsp3) is 0.533. The number of carbonyl (C=O) groups excluding carboxylic acids is 2. The Bertz CT molecular complexity index is 1270. The van der Waals surface area contributed by atoms with Crippen LogP contribution in [0, 0.1) is 11.8 Å². The SMILES string of the molecule is COc1cc(C2c3cc4c(cc3[C@@H](NC(=O)CCCN(C)CCN(C)C)[C@H]3COC(=O)[C@H]23)OCO4)cc(OC)c1O. The van der Waals surface area contributed by atoms with Gasteiger partial charge in [-0.3, -0.25) is 9.59 Å². The fourth-order valence-electron chi connectivity index (χ4n) is 6.08. The summed E-state index contributed by atoms with van der Waals surface area (Å²) in [5.41, 5.74) is 2.38. The minimum Gasteiger partial charge on any atom is -0.502 e. The van der Waals surface area contributed by atoms with E-state index in [2.05, 4.69) is 22.2 Å². The first-order valence-electron chi connectivity index (χ1n) is 13.9. The summed E-state index contributed by atoms with van der Waals surface area (Å²) in [6.45, 7) is 2.96. The lowest BCUT2D eigenvalue weighted by molar-refractivity contribution is -0.141. The van der Waals surface area contributed by atoms with Gasteiger partial charge in [-0.2, -0.15) is 0 Å². The number of nitrogens with one attached hydrogen (secondary N) is 1. The van der Waals surface area contributed by atoms with Gasteiger partial charge in [0.2, 0.25) is 18.4 Å². The van der Waals surface area contributed by atoms with Crippen LogP contribution in [0.4, 0.5) is 0 Å². The van der Waals surface area contributed by atoms with Crippen LogP contribution in [0.2, 0.25) is 0 Å². The Morgan fingerprint density at radius 3 is 2.27 bits per heavy atom. The molecule has 11 heteroatoms. The molecule has 3 aliphatic rings. The maximum absolute atomic E-state index is 13.3. The molecule has 2 aromatic carbocycles. The summed E-state index contributed by atoms with van der Waals surface area (Å²) in [6.07, 6.45) is 1.08. The molecular weight excluding hydrogens is 530 g/mol. The molecule has 5 rings (SSSR count). The van der Waals surface area contributed by atoms with Gasteiger partial charge >= 0.3 is 5.97 Å². The van der Waals surface area contributed by atoms with Crippen LogP contribution in [-0.2, 0) is 14.3 Å². The minimum absolute atomic E-state index is 0.0795. The summed E-state index contributed by atoms with van der Waals surface area (Å²) >= 11 is 0. The lowest BCUT2D eigenvalue weighted by atomic mass is 9.65. The van der Waals surface area contributed by atoms with Crippen molar-refractivity contribution < 1.29 is 38.4 Å². The van der Waals surface area contributed by atoms with Gasteiger partial charge in [-0.15, -0.1) is 0 Å². The summed E-state index contributed by atoms with van der Waals surface area (Å²) in [6, 6.07) is 6.76. The first-order chi connectivity index (χ1) is 19.7. The van der Waals surface area contributed by atoms with Crippen molar-refractivity contribution in [3.63, 3.8) is 0 Å². The number of cyclic esters (lactones) is 1. The van der Waals surface area contributed by atoms with Crippen molar-refractivity contribution in [1.29, 1.82) is 0 Å². The Morgan fingerprint density at radius 1 is 0.976 bits per heavy atom. The number of benzene rings is 2. The molecule has 2 heterocycles. The van der Waals surface area contributed by atoms with E-state index in [1.165, 1.54) is 14.2 Å². The number of ether oxygens (including phenoxy) is 5. The molecule has 11 nitrogen and oxygen atoms in total. The number of phenols is 1. The predicted octanol–water partition coefficient (Wildman–Crippen LogP) is 2.50. The van der Waals surface area contributed by atoms with Crippen molar-refractivity contribution in [1.82, 2.24) is 15.1 Å². The highest BCUT2D eigenvalue weighted by molar-refractivity contribution is 5.81. The lowest BCUT2D eigenvalue weighted by Crippen LogP contribution is -2.43. The summed E-state index contributed by atoms with van der Waals surface area (Å²) in [4.78, 5) is 30.9. The first kappa shape index (κ1) is 28.8. The average molecular weight is 570 g/mol. The van der Waals surface area contributed by atoms with E-state index in [1.807, 2.05) is 26.2 Å². The van der Waals surface area contributed by atoms with Crippen LogP contribution in [0.25, 0.3) is 0 Å². The second-order valence-electron chi connectivity index (χ2n) is 11.2. The highest BCUT2D eigenvalue weighted by Crippen LogP contribution is 2.55. The molecule has 0 spiro atoms. The largest absolute Gasteiger partial charge is 0.502 e.